The highest BCUT2D eigenvalue weighted by molar-refractivity contribution is 7.98. The van der Waals surface area contributed by atoms with Gasteiger partial charge in [0.25, 0.3) is 0 Å². The largest absolute Gasteiger partial charge is 0.329 e. The minimum absolute atomic E-state index is 0.285. The van der Waals surface area contributed by atoms with Gasteiger partial charge in [-0.3, -0.25) is 9.58 Å². The molecule has 0 saturated carbocycles. The van der Waals surface area contributed by atoms with Crippen molar-refractivity contribution in [1.29, 1.82) is 0 Å². The summed E-state index contributed by atoms with van der Waals surface area (Å²) in [6.07, 6.45) is 6.14. The van der Waals surface area contributed by atoms with Gasteiger partial charge in [-0.15, -0.1) is 0 Å². The van der Waals surface area contributed by atoms with Crippen molar-refractivity contribution in [2.45, 2.75) is 19.5 Å². The second-order valence-electron chi connectivity index (χ2n) is 3.85. The number of nitrogens with zero attached hydrogens (tertiary/aromatic N) is 3. The third kappa shape index (κ3) is 3.50. The minimum Gasteiger partial charge on any atom is -0.329 e. The molecule has 0 fully saturated rings. The van der Waals surface area contributed by atoms with E-state index in [1.54, 1.807) is 0 Å². The molecule has 1 aromatic heterocycles. The van der Waals surface area contributed by atoms with Crippen molar-refractivity contribution in [3.8, 4) is 0 Å². The van der Waals surface area contributed by atoms with Crippen molar-refractivity contribution in [3.05, 3.63) is 18.0 Å². The molecular weight excluding hydrogens is 220 g/mol. The predicted octanol–water partition coefficient (Wildman–Crippen LogP) is 1.20. The molecule has 0 spiro atoms. The van der Waals surface area contributed by atoms with Crippen LogP contribution in [0.2, 0.25) is 0 Å². The van der Waals surface area contributed by atoms with Crippen LogP contribution < -0.4 is 5.73 Å². The predicted molar refractivity (Wildman–Crippen MR) is 70.7 cm³/mol. The molecule has 0 radical (unpaired) electrons. The Kier molecular flexibility index (Phi) is 5.87. The number of aromatic nitrogens is 2. The Hall–Kier alpha value is -0.520. The molecule has 5 heteroatoms. The number of hydrogen-bond donors (Lipinski definition) is 1. The molecule has 0 aliphatic heterocycles. The Bertz CT molecular complexity index is 300. The normalized spacial score (nSPS) is 13.3. The average Bonchev–Trinajstić information content (AvgIpc) is 2.76. The highest BCUT2D eigenvalue weighted by atomic mass is 32.2. The maximum absolute atomic E-state index is 5.84. The van der Waals surface area contributed by atoms with Gasteiger partial charge in [-0.25, -0.2) is 0 Å². The van der Waals surface area contributed by atoms with Gasteiger partial charge in [0.15, 0.2) is 0 Å². The number of rotatable bonds is 7. The highest BCUT2D eigenvalue weighted by Crippen LogP contribution is 2.17. The number of nitrogens with two attached hydrogens (primary N) is 1. The van der Waals surface area contributed by atoms with Gasteiger partial charge in [-0.1, -0.05) is 0 Å². The fraction of sp³-hybridized carbons (Fsp3) is 0.727. The maximum atomic E-state index is 5.84. The molecule has 0 saturated heterocycles. The smallest absolute Gasteiger partial charge is 0.0538 e. The van der Waals surface area contributed by atoms with Crippen molar-refractivity contribution in [2.24, 2.45) is 5.73 Å². The van der Waals surface area contributed by atoms with E-state index in [-0.39, 0.29) is 6.04 Å². The third-order valence-corrected chi connectivity index (χ3v) is 3.36. The van der Waals surface area contributed by atoms with Gasteiger partial charge in [0, 0.05) is 43.2 Å². The van der Waals surface area contributed by atoms with Gasteiger partial charge in [0.05, 0.1) is 6.20 Å². The van der Waals surface area contributed by atoms with E-state index in [0.29, 0.717) is 6.54 Å². The third-order valence-electron chi connectivity index (χ3n) is 2.77. The Morgan fingerprint density at radius 1 is 1.62 bits per heavy atom. The second kappa shape index (κ2) is 6.93. The highest BCUT2D eigenvalue weighted by Gasteiger charge is 2.16. The molecule has 0 aliphatic carbocycles. The zero-order valence-electron chi connectivity index (χ0n) is 10.4. The van der Waals surface area contributed by atoms with Crippen LogP contribution in [0.3, 0.4) is 0 Å². The van der Waals surface area contributed by atoms with E-state index in [4.69, 9.17) is 5.73 Å². The first-order chi connectivity index (χ1) is 7.72. The zero-order chi connectivity index (χ0) is 12.0. The molecule has 0 bridgehead atoms. The minimum atomic E-state index is 0.285. The van der Waals surface area contributed by atoms with Crippen LogP contribution in [-0.2, 0) is 6.54 Å². The molecule has 0 aromatic carbocycles. The van der Waals surface area contributed by atoms with Crippen molar-refractivity contribution in [3.63, 3.8) is 0 Å². The lowest BCUT2D eigenvalue weighted by Gasteiger charge is -2.25. The fourth-order valence-corrected chi connectivity index (χ4v) is 2.16. The van der Waals surface area contributed by atoms with Crippen molar-refractivity contribution >= 4 is 11.8 Å². The van der Waals surface area contributed by atoms with E-state index in [1.165, 1.54) is 5.56 Å². The molecule has 2 N–H and O–H groups in total. The summed E-state index contributed by atoms with van der Waals surface area (Å²) in [5.41, 5.74) is 7.06. The van der Waals surface area contributed by atoms with Crippen LogP contribution in [0, 0.1) is 0 Å². The van der Waals surface area contributed by atoms with Crippen LogP contribution in [-0.4, -0.2) is 46.8 Å². The summed E-state index contributed by atoms with van der Waals surface area (Å²) in [5, 5.41) is 4.30. The molecule has 0 aliphatic rings. The summed E-state index contributed by atoms with van der Waals surface area (Å²) in [6, 6.07) is 0.285. The summed E-state index contributed by atoms with van der Waals surface area (Å²) in [6.45, 7) is 4.69. The molecule has 1 unspecified atom stereocenters. The van der Waals surface area contributed by atoms with Gasteiger partial charge < -0.3 is 5.73 Å². The van der Waals surface area contributed by atoms with Crippen LogP contribution in [0.5, 0.6) is 0 Å². The zero-order valence-corrected chi connectivity index (χ0v) is 11.2. The standard InChI is InChI=1S/C11H22N4S/c1-4-15-9-10(8-13-15)11(7-12)14(2)5-6-16-3/h8-9,11H,4-7,12H2,1-3H3. The molecule has 1 aromatic rings. The van der Waals surface area contributed by atoms with Crippen LogP contribution in [0.15, 0.2) is 12.4 Å². The van der Waals surface area contributed by atoms with E-state index in [0.717, 1.165) is 18.8 Å². The molecule has 16 heavy (non-hydrogen) atoms. The van der Waals surface area contributed by atoms with Gasteiger partial charge in [0.1, 0.15) is 0 Å². The SMILES string of the molecule is CCn1cc(C(CN)N(C)CCSC)cn1. The Morgan fingerprint density at radius 2 is 2.38 bits per heavy atom. The molecule has 1 heterocycles. The van der Waals surface area contributed by atoms with Crippen molar-refractivity contribution in [2.75, 3.05) is 32.1 Å². The lowest BCUT2D eigenvalue weighted by Crippen LogP contribution is -2.32. The van der Waals surface area contributed by atoms with E-state index < -0.39 is 0 Å². The summed E-state index contributed by atoms with van der Waals surface area (Å²) in [5.74, 6) is 1.13. The fourth-order valence-electron chi connectivity index (χ4n) is 1.69. The first-order valence-corrected chi connectivity index (χ1v) is 7.03. The Morgan fingerprint density at radius 3 is 2.88 bits per heavy atom. The number of hydrogen-bond acceptors (Lipinski definition) is 4. The lowest BCUT2D eigenvalue weighted by molar-refractivity contribution is 0.265. The van der Waals surface area contributed by atoms with Crippen LogP contribution in [0.4, 0.5) is 0 Å². The van der Waals surface area contributed by atoms with Crippen LogP contribution in [0.1, 0.15) is 18.5 Å². The van der Waals surface area contributed by atoms with Crippen LogP contribution >= 0.6 is 11.8 Å². The molecule has 1 rings (SSSR count). The topological polar surface area (TPSA) is 47.1 Å². The molecular formula is C11H22N4S. The molecule has 4 nitrogen and oxygen atoms in total. The molecule has 0 amide bonds. The number of thioether (sulfide) groups is 1. The first kappa shape index (κ1) is 13.5. The maximum Gasteiger partial charge on any atom is 0.0538 e. The van der Waals surface area contributed by atoms with Crippen molar-refractivity contribution < 1.29 is 0 Å². The summed E-state index contributed by atoms with van der Waals surface area (Å²) in [4.78, 5) is 2.30. The van der Waals surface area contributed by atoms with Crippen molar-refractivity contribution in [1.82, 2.24) is 14.7 Å². The summed E-state index contributed by atoms with van der Waals surface area (Å²) >= 11 is 1.86. The van der Waals surface area contributed by atoms with E-state index >= 15 is 0 Å². The van der Waals surface area contributed by atoms with Gasteiger partial charge in [-0.2, -0.15) is 16.9 Å². The summed E-state index contributed by atoms with van der Waals surface area (Å²) in [7, 11) is 2.12. The first-order valence-electron chi connectivity index (χ1n) is 5.64. The van der Waals surface area contributed by atoms with E-state index in [1.807, 2.05) is 22.6 Å². The second-order valence-corrected chi connectivity index (χ2v) is 4.84. The lowest BCUT2D eigenvalue weighted by atomic mass is 10.1. The van der Waals surface area contributed by atoms with Gasteiger partial charge in [-0.05, 0) is 20.2 Å². The van der Waals surface area contributed by atoms with Gasteiger partial charge in [0.2, 0.25) is 0 Å². The Balaban J connectivity index is 2.65. The van der Waals surface area contributed by atoms with Gasteiger partial charge >= 0.3 is 0 Å². The monoisotopic (exact) mass is 242 g/mol. The molecule has 92 valence electrons. The summed E-state index contributed by atoms with van der Waals surface area (Å²) < 4.78 is 1.94. The Labute approximate surface area is 102 Å². The van der Waals surface area contributed by atoms with E-state index in [2.05, 4.69) is 36.4 Å². The number of aryl methyl sites for hydroxylation is 1. The average molecular weight is 242 g/mol. The molecule has 1 atom stereocenters. The van der Waals surface area contributed by atoms with E-state index in [9.17, 15) is 0 Å². The van der Waals surface area contributed by atoms with Crippen LogP contribution in [0.25, 0.3) is 0 Å². The quantitative estimate of drug-likeness (QED) is 0.780. The number of likely N-dealkylation sites (N-methyl/N-ethyl adjacent to an activating group) is 1.